The van der Waals surface area contributed by atoms with Crippen molar-refractivity contribution in [3.8, 4) is 0 Å². The number of hydrogen-bond acceptors (Lipinski definition) is 3. The largest absolute Gasteiger partial charge is 0.376 e. The number of rotatable bonds is 4. The highest BCUT2D eigenvalue weighted by molar-refractivity contribution is 6.03. The third-order valence-electron chi connectivity index (χ3n) is 2.76. The standard InChI is InChI=1S/C13H23NO3/c1-9(8-17-13(3,4)5)7-14-11(15)6-10(2)12(14)16/h9-10H,6-8H2,1-5H3. The van der Waals surface area contributed by atoms with Crippen LogP contribution in [0.5, 0.6) is 0 Å². The first kappa shape index (κ1) is 14.2. The van der Waals surface area contributed by atoms with E-state index in [-0.39, 0.29) is 29.3 Å². The van der Waals surface area contributed by atoms with E-state index in [1.165, 1.54) is 4.90 Å². The first-order valence-electron chi connectivity index (χ1n) is 6.19. The van der Waals surface area contributed by atoms with Gasteiger partial charge in [0, 0.05) is 18.9 Å². The van der Waals surface area contributed by atoms with E-state index in [9.17, 15) is 9.59 Å². The van der Waals surface area contributed by atoms with E-state index in [0.717, 1.165) is 0 Å². The predicted octanol–water partition coefficient (Wildman–Crippen LogP) is 1.83. The van der Waals surface area contributed by atoms with Gasteiger partial charge in [-0.05, 0) is 26.7 Å². The van der Waals surface area contributed by atoms with Crippen molar-refractivity contribution >= 4 is 11.8 Å². The Morgan fingerprint density at radius 1 is 1.41 bits per heavy atom. The highest BCUT2D eigenvalue weighted by atomic mass is 16.5. The summed E-state index contributed by atoms with van der Waals surface area (Å²) >= 11 is 0. The van der Waals surface area contributed by atoms with Crippen molar-refractivity contribution in [1.29, 1.82) is 0 Å². The van der Waals surface area contributed by atoms with Crippen molar-refractivity contribution in [3.05, 3.63) is 0 Å². The summed E-state index contributed by atoms with van der Waals surface area (Å²) in [4.78, 5) is 24.7. The van der Waals surface area contributed by atoms with Crippen LogP contribution in [0.2, 0.25) is 0 Å². The lowest BCUT2D eigenvalue weighted by atomic mass is 10.1. The summed E-state index contributed by atoms with van der Waals surface area (Å²) in [5.74, 6) is -0.0756. The van der Waals surface area contributed by atoms with Gasteiger partial charge in [-0.1, -0.05) is 13.8 Å². The van der Waals surface area contributed by atoms with Crippen LogP contribution in [0.15, 0.2) is 0 Å². The molecule has 4 heteroatoms. The number of ether oxygens (including phenoxy) is 1. The van der Waals surface area contributed by atoms with E-state index in [4.69, 9.17) is 4.74 Å². The summed E-state index contributed by atoms with van der Waals surface area (Å²) in [6.45, 7) is 10.8. The Balaban J connectivity index is 2.44. The SMILES string of the molecule is CC(COC(C)(C)C)CN1C(=O)CC(C)C1=O. The van der Waals surface area contributed by atoms with Crippen molar-refractivity contribution in [3.63, 3.8) is 0 Å². The normalized spacial score (nSPS) is 23.4. The van der Waals surface area contributed by atoms with Gasteiger partial charge in [-0.2, -0.15) is 0 Å². The van der Waals surface area contributed by atoms with Crippen molar-refractivity contribution in [2.45, 2.75) is 46.6 Å². The van der Waals surface area contributed by atoms with Crippen LogP contribution >= 0.6 is 0 Å². The fourth-order valence-corrected chi connectivity index (χ4v) is 1.80. The fraction of sp³-hybridized carbons (Fsp3) is 0.846. The number of imide groups is 1. The van der Waals surface area contributed by atoms with Crippen molar-refractivity contribution in [1.82, 2.24) is 4.90 Å². The van der Waals surface area contributed by atoms with Gasteiger partial charge in [-0.3, -0.25) is 14.5 Å². The molecule has 1 rings (SSSR count). The van der Waals surface area contributed by atoms with Gasteiger partial charge in [0.25, 0.3) is 0 Å². The Morgan fingerprint density at radius 2 is 2.00 bits per heavy atom. The smallest absolute Gasteiger partial charge is 0.232 e. The highest BCUT2D eigenvalue weighted by Gasteiger charge is 2.36. The van der Waals surface area contributed by atoms with Crippen molar-refractivity contribution < 1.29 is 14.3 Å². The monoisotopic (exact) mass is 241 g/mol. The van der Waals surface area contributed by atoms with Gasteiger partial charge in [0.2, 0.25) is 11.8 Å². The molecule has 1 saturated heterocycles. The Kier molecular flexibility index (Phi) is 4.31. The maximum atomic E-state index is 11.7. The van der Waals surface area contributed by atoms with Crippen LogP contribution in [-0.4, -0.2) is 35.5 Å². The lowest BCUT2D eigenvalue weighted by molar-refractivity contribution is -0.140. The van der Waals surface area contributed by atoms with E-state index < -0.39 is 0 Å². The Labute approximate surface area is 103 Å². The van der Waals surface area contributed by atoms with Gasteiger partial charge < -0.3 is 4.74 Å². The second-order valence-electron chi connectivity index (χ2n) is 5.98. The molecular formula is C13H23NO3. The fourth-order valence-electron chi connectivity index (χ4n) is 1.80. The molecule has 98 valence electrons. The van der Waals surface area contributed by atoms with Gasteiger partial charge in [-0.25, -0.2) is 0 Å². The number of amides is 2. The molecule has 0 spiro atoms. The van der Waals surface area contributed by atoms with Crippen LogP contribution in [0.3, 0.4) is 0 Å². The molecule has 2 atom stereocenters. The molecule has 0 aromatic heterocycles. The number of hydrogen-bond donors (Lipinski definition) is 0. The second kappa shape index (κ2) is 5.17. The molecular weight excluding hydrogens is 218 g/mol. The Morgan fingerprint density at radius 3 is 2.41 bits per heavy atom. The molecule has 1 heterocycles. The van der Waals surface area contributed by atoms with E-state index >= 15 is 0 Å². The van der Waals surface area contributed by atoms with Gasteiger partial charge in [0.05, 0.1) is 12.2 Å². The second-order valence-corrected chi connectivity index (χ2v) is 5.98. The third-order valence-corrected chi connectivity index (χ3v) is 2.76. The van der Waals surface area contributed by atoms with Gasteiger partial charge in [-0.15, -0.1) is 0 Å². The summed E-state index contributed by atoms with van der Waals surface area (Å²) in [5.41, 5.74) is -0.180. The summed E-state index contributed by atoms with van der Waals surface area (Å²) in [7, 11) is 0. The highest BCUT2D eigenvalue weighted by Crippen LogP contribution is 2.20. The summed E-state index contributed by atoms with van der Waals surface area (Å²) in [6.07, 6.45) is 0.353. The van der Waals surface area contributed by atoms with Crippen LogP contribution in [-0.2, 0) is 14.3 Å². The van der Waals surface area contributed by atoms with Crippen molar-refractivity contribution in [2.24, 2.45) is 11.8 Å². The third kappa shape index (κ3) is 4.11. The van der Waals surface area contributed by atoms with Gasteiger partial charge >= 0.3 is 0 Å². The average Bonchev–Trinajstić information content (AvgIpc) is 2.41. The maximum absolute atomic E-state index is 11.7. The molecule has 1 aliphatic heterocycles. The number of likely N-dealkylation sites (tertiary alicyclic amines) is 1. The molecule has 17 heavy (non-hydrogen) atoms. The van der Waals surface area contributed by atoms with Gasteiger partial charge in [0.15, 0.2) is 0 Å². The molecule has 2 amide bonds. The Bertz CT molecular complexity index is 306. The van der Waals surface area contributed by atoms with Crippen LogP contribution in [0.25, 0.3) is 0 Å². The van der Waals surface area contributed by atoms with Crippen LogP contribution in [0.1, 0.15) is 41.0 Å². The minimum atomic E-state index is -0.180. The molecule has 0 N–H and O–H groups in total. The zero-order valence-electron chi connectivity index (χ0n) is 11.4. The van der Waals surface area contributed by atoms with Gasteiger partial charge in [0.1, 0.15) is 0 Å². The molecule has 1 aliphatic rings. The van der Waals surface area contributed by atoms with E-state index in [2.05, 4.69) is 0 Å². The minimum Gasteiger partial charge on any atom is -0.376 e. The molecule has 0 aromatic carbocycles. The van der Waals surface area contributed by atoms with E-state index in [0.29, 0.717) is 19.6 Å². The molecule has 4 nitrogen and oxygen atoms in total. The molecule has 0 saturated carbocycles. The van der Waals surface area contributed by atoms with Crippen molar-refractivity contribution in [2.75, 3.05) is 13.2 Å². The number of carbonyl (C=O) groups excluding carboxylic acids is 2. The zero-order chi connectivity index (χ0) is 13.2. The molecule has 0 bridgehead atoms. The molecule has 2 unspecified atom stereocenters. The van der Waals surface area contributed by atoms with Crippen LogP contribution in [0.4, 0.5) is 0 Å². The lowest BCUT2D eigenvalue weighted by Gasteiger charge is -2.24. The Hall–Kier alpha value is -0.900. The van der Waals surface area contributed by atoms with Crippen LogP contribution in [0, 0.1) is 11.8 Å². The molecule has 0 radical (unpaired) electrons. The quantitative estimate of drug-likeness (QED) is 0.705. The number of nitrogens with zero attached hydrogens (tertiary/aromatic N) is 1. The predicted molar refractivity (Wildman–Crippen MR) is 65.4 cm³/mol. The first-order chi connectivity index (χ1) is 7.70. The lowest BCUT2D eigenvalue weighted by Crippen LogP contribution is -2.36. The molecule has 1 fully saturated rings. The van der Waals surface area contributed by atoms with Crippen LogP contribution < -0.4 is 0 Å². The summed E-state index contributed by atoms with van der Waals surface area (Å²) < 4.78 is 5.65. The summed E-state index contributed by atoms with van der Waals surface area (Å²) in [6, 6.07) is 0. The topological polar surface area (TPSA) is 46.6 Å². The van der Waals surface area contributed by atoms with E-state index in [1.54, 1.807) is 6.92 Å². The molecule has 0 aromatic rings. The number of carbonyl (C=O) groups is 2. The first-order valence-corrected chi connectivity index (χ1v) is 6.19. The summed E-state index contributed by atoms with van der Waals surface area (Å²) in [5, 5.41) is 0. The average molecular weight is 241 g/mol. The zero-order valence-corrected chi connectivity index (χ0v) is 11.4. The van der Waals surface area contributed by atoms with E-state index in [1.807, 2.05) is 27.7 Å². The maximum Gasteiger partial charge on any atom is 0.232 e. The molecule has 0 aliphatic carbocycles. The minimum absolute atomic E-state index is 0.0439.